The Labute approximate surface area is 111 Å². The van der Waals surface area contributed by atoms with E-state index in [1.807, 2.05) is 19.9 Å². The van der Waals surface area contributed by atoms with Crippen molar-refractivity contribution < 1.29 is 14.7 Å². The second-order valence-electron chi connectivity index (χ2n) is 4.59. The van der Waals surface area contributed by atoms with Crippen LogP contribution in [0.5, 0.6) is 0 Å². The molecule has 1 amide bonds. The highest BCUT2D eigenvalue weighted by molar-refractivity contribution is 7.12. The van der Waals surface area contributed by atoms with Crippen molar-refractivity contribution in [2.75, 3.05) is 0 Å². The molecule has 0 fully saturated rings. The molecule has 5 heteroatoms. The Hall–Kier alpha value is -1.36. The van der Waals surface area contributed by atoms with Crippen molar-refractivity contribution in [1.29, 1.82) is 0 Å². The molecule has 1 heterocycles. The summed E-state index contributed by atoms with van der Waals surface area (Å²) in [5.74, 6) is -2.35. The van der Waals surface area contributed by atoms with Crippen LogP contribution < -0.4 is 5.32 Å². The van der Waals surface area contributed by atoms with E-state index in [9.17, 15) is 9.59 Å². The molecule has 0 saturated heterocycles. The molecule has 100 valence electrons. The van der Waals surface area contributed by atoms with E-state index in [0.29, 0.717) is 6.54 Å². The summed E-state index contributed by atoms with van der Waals surface area (Å²) in [4.78, 5) is 24.9. The lowest BCUT2D eigenvalue weighted by atomic mass is 9.95. The predicted molar refractivity (Wildman–Crippen MR) is 71.6 cm³/mol. The third kappa shape index (κ3) is 3.57. The number of hydrogen-bond acceptors (Lipinski definition) is 3. The lowest BCUT2D eigenvalue weighted by Crippen LogP contribution is -2.34. The van der Waals surface area contributed by atoms with Gasteiger partial charge in [-0.1, -0.05) is 13.8 Å². The molecule has 1 rings (SSSR count). The van der Waals surface area contributed by atoms with E-state index in [-0.39, 0.29) is 5.91 Å². The number of aliphatic carboxylic acids is 1. The molecule has 1 aromatic rings. The van der Waals surface area contributed by atoms with Crippen LogP contribution in [0.1, 0.15) is 29.2 Å². The molecular weight excluding hydrogens is 250 g/mol. The van der Waals surface area contributed by atoms with Gasteiger partial charge in [-0.15, -0.1) is 11.3 Å². The topological polar surface area (TPSA) is 66.4 Å². The average Bonchev–Trinajstić information content (AvgIpc) is 2.63. The number of amides is 1. The maximum Gasteiger partial charge on any atom is 0.307 e. The highest BCUT2D eigenvalue weighted by atomic mass is 32.1. The average molecular weight is 269 g/mol. The first-order chi connectivity index (χ1) is 8.32. The molecule has 2 atom stereocenters. The van der Waals surface area contributed by atoms with Gasteiger partial charge in [0.2, 0.25) is 5.91 Å². The van der Waals surface area contributed by atoms with Crippen molar-refractivity contribution in [3.63, 3.8) is 0 Å². The van der Waals surface area contributed by atoms with Gasteiger partial charge in [0.15, 0.2) is 0 Å². The Morgan fingerprint density at radius 2 is 1.94 bits per heavy atom. The van der Waals surface area contributed by atoms with E-state index in [2.05, 4.69) is 5.32 Å². The molecule has 0 aliphatic carbocycles. The van der Waals surface area contributed by atoms with E-state index in [4.69, 9.17) is 5.11 Å². The van der Waals surface area contributed by atoms with Crippen LogP contribution >= 0.6 is 11.3 Å². The molecule has 0 aliphatic rings. The number of carboxylic acids is 1. The van der Waals surface area contributed by atoms with Crippen molar-refractivity contribution in [2.24, 2.45) is 11.8 Å². The highest BCUT2D eigenvalue weighted by Crippen LogP contribution is 2.20. The van der Waals surface area contributed by atoms with E-state index < -0.39 is 17.8 Å². The summed E-state index contributed by atoms with van der Waals surface area (Å²) in [6.07, 6.45) is 0. The zero-order valence-corrected chi connectivity index (χ0v) is 11.9. The van der Waals surface area contributed by atoms with Crippen LogP contribution in [0.25, 0.3) is 0 Å². The summed E-state index contributed by atoms with van der Waals surface area (Å²) >= 11 is 1.65. The lowest BCUT2D eigenvalue weighted by molar-refractivity contribution is -0.146. The number of aryl methyl sites for hydroxylation is 2. The minimum absolute atomic E-state index is 0.214. The number of rotatable bonds is 5. The number of carbonyl (C=O) groups is 2. The van der Waals surface area contributed by atoms with E-state index in [0.717, 1.165) is 4.88 Å². The maximum atomic E-state index is 11.8. The smallest absolute Gasteiger partial charge is 0.307 e. The molecule has 0 saturated carbocycles. The van der Waals surface area contributed by atoms with Gasteiger partial charge in [0.1, 0.15) is 0 Å². The predicted octanol–water partition coefficient (Wildman–Crippen LogP) is 2.34. The molecule has 0 aromatic carbocycles. The van der Waals surface area contributed by atoms with Gasteiger partial charge in [-0.05, 0) is 25.5 Å². The van der Waals surface area contributed by atoms with Gasteiger partial charge in [-0.3, -0.25) is 9.59 Å². The Morgan fingerprint density at radius 3 is 2.39 bits per heavy atom. The van der Waals surface area contributed by atoms with Gasteiger partial charge in [-0.25, -0.2) is 0 Å². The van der Waals surface area contributed by atoms with Crippen molar-refractivity contribution in [3.8, 4) is 0 Å². The minimum Gasteiger partial charge on any atom is -0.481 e. The summed E-state index contributed by atoms with van der Waals surface area (Å²) in [7, 11) is 0. The van der Waals surface area contributed by atoms with Gasteiger partial charge < -0.3 is 10.4 Å². The fourth-order valence-electron chi connectivity index (χ4n) is 1.51. The molecule has 2 unspecified atom stereocenters. The summed E-state index contributed by atoms with van der Waals surface area (Å²) in [6.45, 7) is 7.73. The van der Waals surface area contributed by atoms with Gasteiger partial charge in [0, 0.05) is 15.7 Å². The Kier molecular flexibility index (Phi) is 4.90. The van der Waals surface area contributed by atoms with E-state index >= 15 is 0 Å². The zero-order chi connectivity index (χ0) is 13.9. The molecule has 0 aliphatic heterocycles. The van der Waals surface area contributed by atoms with Gasteiger partial charge in [0.05, 0.1) is 12.5 Å². The second kappa shape index (κ2) is 6.00. The van der Waals surface area contributed by atoms with Crippen LogP contribution in [0.4, 0.5) is 0 Å². The molecule has 1 aromatic heterocycles. The zero-order valence-electron chi connectivity index (χ0n) is 11.1. The number of nitrogens with one attached hydrogen (secondary N) is 1. The number of carboxylic acid groups (broad SMARTS) is 1. The first-order valence-corrected chi connectivity index (χ1v) is 6.71. The summed E-state index contributed by atoms with van der Waals surface area (Å²) in [6, 6.07) is 2.05. The summed E-state index contributed by atoms with van der Waals surface area (Å²) < 4.78 is 0. The molecule has 2 N–H and O–H groups in total. The number of thiophene rings is 1. The van der Waals surface area contributed by atoms with Gasteiger partial charge >= 0.3 is 5.97 Å². The standard InChI is InChI=1S/C13H19NO3S/c1-7-5-11(18-10(7)4)6-14-12(15)8(2)9(3)13(16)17/h5,8-9H,6H2,1-4H3,(H,14,15)(H,16,17). The van der Waals surface area contributed by atoms with Crippen LogP contribution in [-0.2, 0) is 16.1 Å². The Balaban J connectivity index is 2.53. The second-order valence-corrected chi connectivity index (χ2v) is 5.93. The van der Waals surface area contributed by atoms with Crippen LogP contribution in [-0.4, -0.2) is 17.0 Å². The van der Waals surface area contributed by atoms with E-state index in [1.54, 1.807) is 25.2 Å². The molecule has 0 radical (unpaired) electrons. The monoisotopic (exact) mass is 269 g/mol. The normalized spacial score (nSPS) is 14.0. The van der Waals surface area contributed by atoms with Crippen LogP contribution in [0.15, 0.2) is 6.07 Å². The summed E-state index contributed by atoms with van der Waals surface area (Å²) in [5, 5.41) is 11.6. The Morgan fingerprint density at radius 1 is 1.33 bits per heavy atom. The lowest BCUT2D eigenvalue weighted by Gasteiger charge is -2.15. The minimum atomic E-state index is -0.944. The Bertz CT molecular complexity index is 434. The molecule has 0 spiro atoms. The van der Waals surface area contributed by atoms with Gasteiger partial charge in [0.25, 0.3) is 0 Å². The first-order valence-electron chi connectivity index (χ1n) is 5.89. The molecule has 4 nitrogen and oxygen atoms in total. The highest BCUT2D eigenvalue weighted by Gasteiger charge is 2.25. The number of carbonyl (C=O) groups excluding carboxylic acids is 1. The fraction of sp³-hybridized carbons (Fsp3) is 0.538. The first kappa shape index (κ1) is 14.7. The largest absolute Gasteiger partial charge is 0.481 e. The van der Waals surface area contributed by atoms with Crippen molar-refractivity contribution in [1.82, 2.24) is 5.32 Å². The maximum absolute atomic E-state index is 11.8. The van der Waals surface area contributed by atoms with Crippen molar-refractivity contribution >= 4 is 23.2 Å². The molecule has 18 heavy (non-hydrogen) atoms. The van der Waals surface area contributed by atoms with Crippen molar-refractivity contribution in [3.05, 3.63) is 21.4 Å². The summed E-state index contributed by atoms with van der Waals surface area (Å²) in [5.41, 5.74) is 1.22. The number of hydrogen-bond donors (Lipinski definition) is 2. The van der Waals surface area contributed by atoms with Crippen LogP contribution in [0.3, 0.4) is 0 Å². The van der Waals surface area contributed by atoms with Crippen molar-refractivity contribution in [2.45, 2.75) is 34.2 Å². The molecular formula is C13H19NO3S. The third-order valence-corrected chi connectivity index (χ3v) is 4.36. The van der Waals surface area contributed by atoms with Crippen LogP contribution in [0, 0.1) is 25.7 Å². The third-order valence-electron chi connectivity index (χ3n) is 3.21. The van der Waals surface area contributed by atoms with E-state index in [1.165, 1.54) is 10.4 Å². The van der Waals surface area contributed by atoms with Gasteiger partial charge in [-0.2, -0.15) is 0 Å². The van der Waals surface area contributed by atoms with Crippen LogP contribution in [0.2, 0.25) is 0 Å². The fourth-order valence-corrected chi connectivity index (χ4v) is 2.51. The molecule has 0 bridgehead atoms. The SMILES string of the molecule is Cc1cc(CNC(=O)C(C)C(C)C(=O)O)sc1C. The quantitative estimate of drug-likeness (QED) is 0.862.